The minimum absolute atomic E-state index is 0.0685. The molecule has 1 atom stereocenters. The highest BCUT2D eigenvalue weighted by molar-refractivity contribution is 5.89. The summed E-state index contributed by atoms with van der Waals surface area (Å²) in [5, 5.41) is 0. The van der Waals surface area contributed by atoms with Gasteiger partial charge >= 0.3 is 0 Å². The number of hydrogen-bond acceptors (Lipinski definition) is 3. The lowest BCUT2D eigenvalue weighted by Crippen LogP contribution is -2.35. The summed E-state index contributed by atoms with van der Waals surface area (Å²) < 4.78 is 5.14. The zero-order chi connectivity index (χ0) is 16.4. The Morgan fingerprint density at radius 2 is 2.00 bits per heavy atom. The van der Waals surface area contributed by atoms with E-state index in [1.54, 1.807) is 12.0 Å². The number of carbonyl (C=O) groups is 2. The summed E-state index contributed by atoms with van der Waals surface area (Å²) in [4.78, 5) is 28.3. The predicted octanol–water partition coefficient (Wildman–Crippen LogP) is 1.91. The summed E-state index contributed by atoms with van der Waals surface area (Å²) in [5.41, 5.74) is 1.05. The first-order valence-electron chi connectivity index (χ1n) is 8.22. The quantitative estimate of drug-likeness (QED) is 0.805. The van der Waals surface area contributed by atoms with Crippen LogP contribution in [0.1, 0.15) is 24.8 Å². The van der Waals surface area contributed by atoms with Gasteiger partial charge in [-0.05, 0) is 36.5 Å². The average molecular weight is 316 g/mol. The zero-order valence-electron chi connectivity index (χ0n) is 13.8. The first-order chi connectivity index (χ1) is 11.1. The number of amides is 2. The van der Waals surface area contributed by atoms with Crippen LogP contribution in [-0.4, -0.2) is 48.9 Å². The van der Waals surface area contributed by atoms with Gasteiger partial charge in [-0.3, -0.25) is 9.59 Å². The molecule has 0 radical (unpaired) electrons. The molecule has 2 aliphatic rings. The number of benzene rings is 1. The van der Waals surface area contributed by atoms with Gasteiger partial charge < -0.3 is 14.5 Å². The highest BCUT2D eigenvalue weighted by Crippen LogP contribution is 2.30. The van der Waals surface area contributed by atoms with Crippen LogP contribution in [-0.2, 0) is 16.1 Å². The van der Waals surface area contributed by atoms with Gasteiger partial charge in [-0.25, -0.2) is 0 Å². The second kappa shape index (κ2) is 6.60. The van der Waals surface area contributed by atoms with Crippen molar-refractivity contribution in [3.05, 3.63) is 29.8 Å². The van der Waals surface area contributed by atoms with Gasteiger partial charge in [0.2, 0.25) is 11.8 Å². The number of hydrogen-bond donors (Lipinski definition) is 0. The Bertz CT molecular complexity index is 580. The third kappa shape index (κ3) is 3.84. The largest absolute Gasteiger partial charge is 0.497 e. The molecule has 1 saturated carbocycles. The maximum Gasteiger partial charge on any atom is 0.227 e. The third-order valence-electron chi connectivity index (χ3n) is 4.70. The molecule has 1 aliphatic heterocycles. The Morgan fingerprint density at radius 1 is 1.30 bits per heavy atom. The Labute approximate surface area is 137 Å². The third-order valence-corrected chi connectivity index (χ3v) is 4.70. The molecule has 1 heterocycles. The molecule has 0 aromatic heterocycles. The Hall–Kier alpha value is -2.04. The van der Waals surface area contributed by atoms with Crippen LogP contribution in [0.5, 0.6) is 5.75 Å². The van der Waals surface area contributed by atoms with Crippen molar-refractivity contribution >= 4 is 11.8 Å². The number of carbonyl (C=O) groups excluding carboxylic acids is 2. The number of rotatable bonds is 6. The van der Waals surface area contributed by atoms with E-state index in [1.165, 1.54) is 12.8 Å². The zero-order valence-corrected chi connectivity index (χ0v) is 13.8. The molecule has 0 N–H and O–H groups in total. The first-order valence-corrected chi connectivity index (χ1v) is 8.22. The second-order valence-corrected chi connectivity index (χ2v) is 6.69. The van der Waals surface area contributed by atoms with E-state index in [0.29, 0.717) is 25.4 Å². The van der Waals surface area contributed by atoms with Crippen LogP contribution in [0, 0.1) is 11.8 Å². The van der Waals surface area contributed by atoms with Crippen molar-refractivity contribution in [3.8, 4) is 5.75 Å². The van der Waals surface area contributed by atoms with E-state index >= 15 is 0 Å². The van der Waals surface area contributed by atoms with E-state index < -0.39 is 0 Å². The summed E-state index contributed by atoms with van der Waals surface area (Å²) >= 11 is 0. The fourth-order valence-corrected chi connectivity index (χ4v) is 3.13. The van der Waals surface area contributed by atoms with Crippen molar-refractivity contribution in [1.29, 1.82) is 0 Å². The molecule has 1 aromatic rings. The Kier molecular flexibility index (Phi) is 4.55. The normalized spacial score (nSPS) is 20.7. The van der Waals surface area contributed by atoms with Crippen LogP contribution in [0.4, 0.5) is 0 Å². The van der Waals surface area contributed by atoms with Crippen LogP contribution < -0.4 is 4.74 Å². The number of likely N-dealkylation sites (tertiary alicyclic amines) is 1. The molecule has 5 heteroatoms. The fraction of sp³-hybridized carbons (Fsp3) is 0.556. The molecule has 1 saturated heterocycles. The predicted molar refractivity (Wildman–Crippen MR) is 86.9 cm³/mol. The smallest absolute Gasteiger partial charge is 0.227 e. The Balaban J connectivity index is 1.56. The van der Waals surface area contributed by atoms with Crippen LogP contribution in [0.25, 0.3) is 0 Å². The lowest BCUT2D eigenvalue weighted by atomic mass is 10.1. The average Bonchev–Trinajstić information content (AvgIpc) is 3.30. The van der Waals surface area contributed by atoms with Crippen LogP contribution >= 0.6 is 0 Å². The maximum atomic E-state index is 12.5. The number of ether oxygens (including phenoxy) is 1. The van der Waals surface area contributed by atoms with Gasteiger partial charge in [0.25, 0.3) is 0 Å². The SMILES string of the molecule is COc1ccc(CN2C[C@H](C(=O)N(C)CC3CC3)CC2=O)cc1. The minimum atomic E-state index is -0.190. The summed E-state index contributed by atoms with van der Waals surface area (Å²) in [5.74, 6) is 1.47. The number of nitrogens with zero attached hydrogens (tertiary/aromatic N) is 2. The molecular weight excluding hydrogens is 292 g/mol. The van der Waals surface area contributed by atoms with Crippen molar-refractivity contribution in [2.24, 2.45) is 11.8 Å². The first kappa shape index (κ1) is 15.8. The van der Waals surface area contributed by atoms with Gasteiger partial charge in [0, 0.05) is 33.1 Å². The van der Waals surface area contributed by atoms with E-state index in [0.717, 1.165) is 17.9 Å². The second-order valence-electron chi connectivity index (χ2n) is 6.69. The molecule has 3 rings (SSSR count). The fourth-order valence-electron chi connectivity index (χ4n) is 3.13. The summed E-state index contributed by atoms with van der Waals surface area (Å²) in [6, 6.07) is 7.70. The maximum absolute atomic E-state index is 12.5. The summed E-state index contributed by atoms with van der Waals surface area (Å²) in [6.07, 6.45) is 2.79. The van der Waals surface area contributed by atoms with Gasteiger partial charge in [-0.2, -0.15) is 0 Å². The summed E-state index contributed by atoms with van der Waals surface area (Å²) in [6.45, 7) is 1.92. The monoisotopic (exact) mass is 316 g/mol. The van der Waals surface area contributed by atoms with E-state index in [-0.39, 0.29) is 17.7 Å². The molecule has 0 spiro atoms. The molecule has 2 amide bonds. The standard InChI is InChI=1S/C18H24N2O3/c1-19(10-13-3-4-13)18(22)15-9-17(21)20(12-15)11-14-5-7-16(23-2)8-6-14/h5-8,13,15H,3-4,9-12H2,1-2H3/t15-/m1/s1. The van der Waals surface area contributed by atoms with Crippen molar-refractivity contribution in [3.63, 3.8) is 0 Å². The van der Waals surface area contributed by atoms with Crippen molar-refractivity contribution in [1.82, 2.24) is 9.80 Å². The lowest BCUT2D eigenvalue weighted by Gasteiger charge is -2.21. The van der Waals surface area contributed by atoms with Crippen LogP contribution in [0.15, 0.2) is 24.3 Å². The van der Waals surface area contributed by atoms with E-state index in [4.69, 9.17) is 4.74 Å². The van der Waals surface area contributed by atoms with Crippen molar-refractivity contribution < 1.29 is 14.3 Å². The molecule has 5 nitrogen and oxygen atoms in total. The van der Waals surface area contributed by atoms with E-state index in [2.05, 4.69) is 0 Å². The molecular formula is C18H24N2O3. The lowest BCUT2D eigenvalue weighted by molar-refractivity contribution is -0.134. The molecule has 1 aliphatic carbocycles. The van der Waals surface area contributed by atoms with Crippen LogP contribution in [0.3, 0.4) is 0 Å². The Morgan fingerprint density at radius 3 is 2.61 bits per heavy atom. The topological polar surface area (TPSA) is 49.9 Å². The van der Waals surface area contributed by atoms with Gasteiger partial charge in [-0.15, -0.1) is 0 Å². The van der Waals surface area contributed by atoms with Crippen molar-refractivity contribution in [2.75, 3.05) is 27.2 Å². The van der Waals surface area contributed by atoms with Gasteiger partial charge in [0.05, 0.1) is 13.0 Å². The van der Waals surface area contributed by atoms with Gasteiger partial charge in [-0.1, -0.05) is 12.1 Å². The number of methoxy groups -OCH3 is 1. The molecule has 1 aromatic carbocycles. The minimum Gasteiger partial charge on any atom is -0.497 e. The summed E-state index contributed by atoms with van der Waals surface area (Å²) in [7, 11) is 3.49. The molecule has 23 heavy (non-hydrogen) atoms. The molecule has 2 fully saturated rings. The molecule has 124 valence electrons. The highest BCUT2D eigenvalue weighted by Gasteiger charge is 2.36. The molecule has 0 unspecified atom stereocenters. The van der Waals surface area contributed by atoms with Gasteiger partial charge in [0.1, 0.15) is 5.75 Å². The van der Waals surface area contributed by atoms with E-state index in [1.807, 2.05) is 36.2 Å². The van der Waals surface area contributed by atoms with Crippen molar-refractivity contribution in [2.45, 2.75) is 25.8 Å². The molecule has 0 bridgehead atoms. The van der Waals surface area contributed by atoms with E-state index in [9.17, 15) is 9.59 Å². The highest BCUT2D eigenvalue weighted by atomic mass is 16.5. The van der Waals surface area contributed by atoms with Gasteiger partial charge in [0.15, 0.2) is 0 Å². The van der Waals surface area contributed by atoms with Crippen LogP contribution in [0.2, 0.25) is 0 Å².